The highest BCUT2D eigenvalue weighted by atomic mass is 19.1. The van der Waals surface area contributed by atoms with Gasteiger partial charge in [-0.15, -0.1) is 0 Å². The molecule has 2 aliphatic rings. The number of hydrogen-bond acceptors (Lipinski definition) is 6. The van der Waals surface area contributed by atoms with Crippen molar-refractivity contribution in [3.63, 3.8) is 0 Å². The van der Waals surface area contributed by atoms with Crippen molar-refractivity contribution in [3.05, 3.63) is 59.4 Å². The normalized spacial score (nSPS) is 17.6. The first kappa shape index (κ1) is 26.6. The van der Waals surface area contributed by atoms with E-state index in [2.05, 4.69) is 5.10 Å². The summed E-state index contributed by atoms with van der Waals surface area (Å²) < 4.78 is 30.7. The van der Waals surface area contributed by atoms with Gasteiger partial charge in [0.05, 0.1) is 32.6 Å². The molecule has 0 N–H and O–H groups in total. The van der Waals surface area contributed by atoms with Crippen molar-refractivity contribution in [1.82, 2.24) is 9.91 Å². The zero-order valence-electron chi connectivity index (χ0n) is 21.6. The van der Waals surface area contributed by atoms with Gasteiger partial charge in [-0.2, -0.15) is 5.10 Å². The van der Waals surface area contributed by atoms with Crippen LogP contribution in [0, 0.1) is 11.7 Å². The molecule has 37 heavy (non-hydrogen) atoms. The fourth-order valence-corrected chi connectivity index (χ4v) is 5.05. The molecule has 0 unspecified atom stereocenters. The number of hydrazone groups is 1. The summed E-state index contributed by atoms with van der Waals surface area (Å²) in [7, 11) is 4.67. The van der Waals surface area contributed by atoms with Gasteiger partial charge < -0.3 is 19.1 Å². The molecule has 8 nitrogen and oxygen atoms in total. The lowest BCUT2D eigenvalue weighted by atomic mass is 9.97. The van der Waals surface area contributed by atoms with E-state index in [1.54, 1.807) is 56.6 Å². The smallest absolute Gasteiger partial charge is 0.262 e. The molecule has 0 bridgehead atoms. The molecule has 0 aromatic heterocycles. The number of carbonyl (C=O) groups excluding carboxylic acids is 2. The number of amides is 2. The maximum absolute atomic E-state index is 14.7. The van der Waals surface area contributed by atoms with Crippen molar-refractivity contribution in [2.24, 2.45) is 11.0 Å². The standard InChI is InChI=1S/C28H34FN3O5/c1-35-15-14-31(28(34)19-8-4-5-9-19)18-27(33)32-24(20-12-13-25(36-2)26(16-20)37-3)17-23(30-32)21-10-6-7-11-22(21)29/h6-7,10-13,16,19,24H,4-5,8-9,14-15,17-18H2,1-3H3/t24-/m0/s1. The summed E-state index contributed by atoms with van der Waals surface area (Å²) in [6.07, 6.45) is 4.03. The lowest BCUT2D eigenvalue weighted by Crippen LogP contribution is -2.44. The molecule has 2 aromatic carbocycles. The van der Waals surface area contributed by atoms with Crippen LogP contribution in [0.25, 0.3) is 0 Å². The Morgan fingerprint density at radius 2 is 1.78 bits per heavy atom. The van der Waals surface area contributed by atoms with Crippen LogP contribution in [0.15, 0.2) is 47.6 Å². The van der Waals surface area contributed by atoms with E-state index in [9.17, 15) is 14.0 Å². The molecular weight excluding hydrogens is 477 g/mol. The topological polar surface area (TPSA) is 80.7 Å². The number of halogens is 1. The van der Waals surface area contributed by atoms with Gasteiger partial charge in [-0.3, -0.25) is 9.59 Å². The summed E-state index contributed by atoms with van der Waals surface area (Å²) in [5.41, 5.74) is 1.59. The van der Waals surface area contributed by atoms with Gasteiger partial charge in [0.2, 0.25) is 5.91 Å². The van der Waals surface area contributed by atoms with Crippen LogP contribution >= 0.6 is 0 Å². The SMILES string of the molecule is COCCN(CC(=O)N1N=C(c2ccccc2F)C[C@H]1c1ccc(OC)c(OC)c1)C(=O)C1CCCC1. The summed E-state index contributed by atoms with van der Waals surface area (Å²) in [5.74, 6) is 0.244. The molecule has 2 amide bonds. The number of nitrogens with zero attached hydrogens (tertiary/aromatic N) is 3. The minimum atomic E-state index is -0.493. The number of methoxy groups -OCH3 is 3. The summed E-state index contributed by atoms with van der Waals surface area (Å²) >= 11 is 0. The van der Waals surface area contributed by atoms with Crippen LogP contribution in [0.4, 0.5) is 4.39 Å². The van der Waals surface area contributed by atoms with Gasteiger partial charge in [-0.25, -0.2) is 9.40 Å². The van der Waals surface area contributed by atoms with Crippen molar-refractivity contribution in [1.29, 1.82) is 0 Å². The largest absolute Gasteiger partial charge is 0.493 e. The fraction of sp³-hybridized carbons (Fsp3) is 0.464. The van der Waals surface area contributed by atoms with Gasteiger partial charge >= 0.3 is 0 Å². The minimum absolute atomic E-state index is 0.0249. The zero-order valence-corrected chi connectivity index (χ0v) is 21.6. The van der Waals surface area contributed by atoms with E-state index in [1.807, 2.05) is 6.07 Å². The third-order valence-corrected chi connectivity index (χ3v) is 7.05. The maximum atomic E-state index is 14.7. The number of ether oxygens (including phenoxy) is 3. The van der Waals surface area contributed by atoms with Crippen LogP contribution in [0.3, 0.4) is 0 Å². The molecule has 4 rings (SSSR count). The van der Waals surface area contributed by atoms with E-state index in [-0.39, 0.29) is 24.3 Å². The van der Waals surface area contributed by atoms with Crippen LogP contribution in [0.5, 0.6) is 11.5 Å². The molecule has 1 atom stereocenters. The second-order valence-electron chi connectivity index (χ2n) is 9.33. The highest BCUT2D eigenvalue weighted by Gasteiger charge is 2.36. The first-order valence-electron chi connectivity index (χ1n) is 12.6. The highest BCUT2D eigenvalue weighted by Crippen LogP contribution is 2.38. The summed E-state index contributed by atoms with van der Waals surface area (Å²) in [5, 5.41) is 5.96. The number of hydrogen-bond donors (Lipinski definition) is 0. The lowest BCUT2D eigenvalue weighted by molar-refractivity contribution is -0.144. The Morgan fingerprint density at radius 1 is 1.05 bits per heavy atom. The van der Waals surface area contributed by atoms with Crippen LogP contribution in [0.1, 0.15) is 49.3 Å². The first-order valence-corrected chi connectivity index (χ1v) is 12.6. The van der Waals surface area contributed by atoms with Crippen LogP contribution in [-0.2, 0) is 14.3 Å². The molecule has 2 aromatic rings. The van der Waals surface area contributed by atoms with Crippen molar-refractivity contribution in [2.75, 3.05) is 41.0 Å². The van der Waals surface area contributed by atoms with Gasteiger partial charge in [0.25, 0.3) is 5.91 Å². The molecule has 1 saturated carbocycles. The van der Waals surface area contributed by atoms with E-state index < -0.39 is 11.9 Å². The molecule has 1 fully saturated rings. The van der Waals surface area contributed by atoms with Gasteiger partial charge in [0.15, 0.2) is 11.5 Å². The Bertz CT molecular complexity index is 1150. The van der Waals surface area contributed by atoms with Crippen molar-refractivity contribution in [3.8, 4) is 11.5 Å². The molecular formula is C28H34FN3O5. The van der Waals surface area contributed by atoms with E-state index in [0.29, 0.717) is 42.3 Å². The highest BCUT2D eigenvalue weighted by molar-refractivity contribution is 6.03. The molecule has 0 radical (unpaired) electrons. The van der Waals surface area contributed by atoms with Crippen LogP contribution in [-0.4, -0.2) is 68.5 Å². The summed E-state index contributed by atoms with van der Waals surface area (Å²) in [4.78, 5) is 28.5. The second kappa shape index (κ2) is 12.2. The van der Waals surface area contributed by atoms with Crippen molar-refractivity contribution < 1.29 is 28.2 Å². The quantitative estimate of drug-likeness (QED) is 0.478. The number of benzene rings is 2. The predicted octanol–water partition coefficient (Wildman–Crippen LogP) is 4.19. The van der Waals surface area contributed by atoms with Gasteiger partial charge in [-0.05, 0) is 36.6 Å². The second-order valence-corrected chi connectivity index (χ2v) is 9.33. The summed E-state index contributed by atoms with van der Waals surface area (Å²) in [6.45, 7) is 0.515. The van der Waals surface area contributed by atoms with Crippen LogP contribution in [0.2, 0.25) is 0 Å². The van der Waals surface area contributed by atoms with Gasteiger partial charge in [0.1, 0.15) is 12.4 Å². The predicted molar refractivity (Wildman–Crippen MR) is 137 cm³/mol. The van der Waals surface area contributed by atoms with E-state index in [1.165, 1.54) is 11.1 Å². The molecule has 198 valence electrons. The van der Waals surface area contributed by atoms with Crippen molar-refractivity contribution >= 4 is 17.5 Å². The molecule has 9 heteroatoms. The Morgan fingerprint density at radius 3 is 2.46 bits per heavy atom. The minimum Gasteiger partial charge on any atom is -0.493 e. The first-order chi connectivity index (χ1) is 18.0. The lowest BCUT2D eigenvalue weighted by Gasteiger charge is -2.28. The third kappa shape index (κ3) is 5.93. The van der Waals surface area contributed by atoms with E-state index in [4.69, 9.17) is 14.2 Å². The van der Waals surface area contributed by atoms with Gasteiger partial charge in [0, 0.05) is 31.6 Å². The summed E-state index contributed by atoms with van der Waals surface area (Å²) in [6, 6.07) is 11.3. The Labute approximate surface area is 217 Å². The monoisotopic (exact) mass is 511 g/mol. The average molecular weight is 512 g/mol. The number of carbonyl (C=O) groups is 2. The molecule has 1 heterocycles. The zero-order chi connectivity index (χ0) is 26.4. The molecule has 1 aliphatic carbocycles. The Hall–Kier alpha value is -3.46. The van der Waals surface area contributed by atoms with E-state index >= 15 is 0 Å². The Kier molecular flexibility index (Phi) is 8.76. The maximum Gasteiger partial charge on any atom is 0.262 e. The van der Waals surface area contributed by atoms with E-state index in [0.717, 1.165) is 31.2 Å². The van der Waals surface area contributed by atoms with Gasteiger partial charge in [-0.1, -0.05) is 37.1 Å². The molecule has 1 aliphatic heterocycles. The fourth-order valence-electron chi connectivity index (χ4n) is 5.05. The van der Waals surface area contributed by atoms with Crippen molar-refractivity contribution in [2.45, 2.75) is 38.1 Å². The average Bonchev–Trinajstić information content (AvgIpc) is 3.61. The van der Waals surface area contributed by atoms with Crippen LogP contribution < -0.4 is 9.47 Å². The molecule has 0 spiro atoms. The third-order valence-electron chi connectivity index (χ3n) is 7.05. The molecule has 0 saturated heterocycles. The Balaban J connectivity index is 1.65. The number of rotatable bonds is 10.